The third-order valence-electron chi connectivity index (χ3n) is 11.1. The number of piperazine rings is 1. The minimum absolute atomic E-state index is 0.0294. The lowest BCUT2D eigenvalue weighted by Crippen LogP contribution is -2.59. The van der Waals surface area contributed by atoms with Crippen LogP contribution in [0.3, 0.4) is 0 Å². The second-order valence-electron chi connectivity index (χ2n) is 14.0. The number of aliphatic hydroxyl groups is 1. The van der Waals surface area contributed by atoms with Gasteiger partial charge in [0.15, 0.2) is 0 Å². The molecule has 2 N–H and O–H groups in total. The number of aryl methyl sites for hydroxylation is 1. The lowest BCUT2D eigenvalue weighted by Gasteiger charge is -2.46. The molecule has 3 aromatic heterocycles. The number of hydrogen-bond donors (Lipinski definition) is 2. The van der Waals surface area contributed by atoms with Crippen LogP contribution in [0.2, 0.25) is 0 Å². The SMILES string of the molecule is C[C@H]1CN(C2COC2)CCN1c1ccc(Nc2cc(-c3ccnc(N4C=CN5C(CC6C(F)CCCC65)C4=O)c3CO)cn(C)c2=O)nc1. The summed E-state index contributed by atoms with van der Waals surface area (Å²) in [6.45, 7) is 6.35. The van der Waals surface area contributed by atoms with Crippen molar-refractivity contribution in [1.29, 1.82) is 0 Å². The molecule has 5 atom stereocenters. The van der Waals surface area contributed by atoms with Gasteiger partial charge >= 0.3 is 0 Å². The molecule has 5 aliphatic rings. The zero-order valence-electron chi connectivity index (χ0n) is 27.9. The van der Waals surface area contributed by atoms with Gasteiger partial charge in [-0.05, 0) is 62.4 Å². The molecule has 0 aromatic carbocycles. The van der Waals surface area contributed by atoms with Gasteiger partial charge < -0.3 is 29.5 Å². The highest BCUT2D eigenvalue weighted by Crippen LogP contribution is 2.44. The molecular weight excluding hydrogens is 627 g/mol. The second-order valence-corrected chi connectivity index (χ2v) is 14.0. The summed E-state index contributed by atoms with van der Waals surface area (Å²) < 4.78 is 21.7. The van der Waals surface area contributed by atoms with Gasteiger partial charge in [-0.1, -0.05) is 0 Å². The van der Waals surface area contributed by atoms with Crippen molar-refractivity contribution in [1.82, 2.24) is 24.3 Å². The highest BCUT2D eigenvalue weighted by atomic mass is 19.1. The van der Waals surface area contributed by atoms with Gasteiger partial charge in [-0.2, -0.15) is 0 Å². The molecule has 3 saturated heterocycles. The summed E-state index contributed by atoms with van der Waals surface area (Å²) in [5.74, 6) is 0.530. The standard InChI is InChI=1S/C36H43FN8O4/c1-22-17-42(25-20-49-21-25)10-11-43(22)24-6-7-33(39-16-24)40-30-14-23(18-41(2)35(30)47)26-8-9-38-34(28(26)19-46)45-13-12-44-31-5-3-4-29(37)27(31)15-32(44)36(45)48/h6-9,12-14,16,18,22,25,27,29,31-32,46H,3-5,10-11,15,17,19-21H2,1-2H3,(H,39,40)/t22-,27?,29?,31?,32?/m0/s1. The fourth-order valence-electron chi connectivity index (χ4n) is 8.44. The monoisotopic (exact) mass is 670 g/mol. The van der Waals surface area contributed by atoms with Crippen molar-refractivity contribution >= 4 is 28.9 Å². The second kappa shape index (κ2) is 12.8. The fourth-order valence-corrected chi connectivity index (χ4v) is 8.44. The molecule has 7 heterocycles. The summed E-state index contributed by atoms with van der Waals surface area (Å²) in [5, 5.41) is 13.8. The minimum atomic E-state index is -0.897. The van der Waals surface area contributed by atoms with E-state index in [1.807, 2.05) is 29.4 Å². The quantitative estimate of drug-likeness (QED) is 0.387. The van der Waals surface area contributed by atoms with E-state index in [1.165, 1.54) is 9.47 Å². The van der Waals surface area contributed by atoms with E-state index in [-0.39, 0.29) is 30.0 Å². The van der Waals surface area contributed by atoms with E-state index in [4.69, 9.17) is 4.74 Å². The predicted octanol–water partition coefficient (Wildman–Crippen LogP) is 3.39. The Labute approximate surface area is 284 Å². The average molecular weight is 671 g/mol. The van der Waals surface area contributed by atoms with Gasteiger partial charge in [-0.3, -0.25) is 19.4 Å². The fraction of sp³-hybridized carbons (Fsp3) is 0.500. The summed E-state index contributed by atoms with van der Waals surface area (Å²) >= 11 is 0. The molecule has 4 fully saturated rings. The Balaban J connectivity index is 1.03. The molecule has 0 radical (unpaired) electrons. The largest absolute Gasteiger partial charge is 0.392 e. The number of aliphatic hydroxyl groups excluding tert-OH is 1. The van der Waals surface area contributed by atoms with Crippen LogP contribution < -0.4 is 20.7 Å². The molecule has 1 amide bonds. The Hall–Kier alpha value is -4.33. The third-order valence-corrected chi connectivity index (χ3v) is 11.1. The van der Waals surface area contributed by atoms with E-state index in [0.717, 1.165) is 51.4 Å². The molecular formula is C36H43FN8O4. The Bertz CT molecular complexity index is 1810. The van der Waals surface area contributed by atoms with E-state index in [1.54, 1.807) is 37.8 Å². The topological polar surface area (TPSA) is 119 Å². The number of pyridine rings is 3. The molecule has 13 heteroatoms. The van der Waals surface area contributed by atoms with E-state index >= 15 is 0 Å². The average Bonchev–Trinajstić information content (AvgIpc) is 3.47. The van der Waals surface area contributed by atoms with Gasteiger partial charge in [-0.25, -0.2) is 14.4 Å². The maximum Gasteiger partial charge on any atom is 0.274 e. The smallest absolute Gasteiger partial charge is 0.274 e. The van der Waals surface area contributed by atoms with Gasteiger partial charge in [0, 0.05) is 80.6 Å². The van der Waals surface area contributed by atoms with Crippen molar-refractivity contribution in [3.05, 3.63) is 71.2 Å². The molecule has 0 spiro atoms. The Kier molecular flexibility index (Phi) is 8.37. The molecule has 4 unspecified atom stereocenters. The number of rotatable bonds is 7. The number of hydrogen-bond acceptors (Lipinski definition) is 10. The number of aromatic nitrogens is 3. The first-order chi connectivity index (χ1) is 23.8. The van der Waals surface area contributed by atoms with Crippen molar-refractivity contribution in [3.8, 4) is 11.1 Å². The lowest BCUT2D eigenvalue weighted by atomic mass is 9.83. The Morgan fingerprint density at radius 1 is 1.10 bits per heavy atom. The van der Waals surface area contributed by atoms with E-state index in [9.17, 15) is 19.1 Å². The molecule has 4 aliphatic heterocycles. The number of fused-ring (bicyclic) bond motifs is 3. The minimum Gasteiger partial charge on any atom is -0.392 e. The van der Waals surface area contributed by atoms with Crippen LogP contribution in [0, 0.1) is 5.92 Å². The molecule has 49 heavy (non-hydrogen) atoms. The summed E-state index contributed by atoms with van der Waals surface area (Å²) in [6, 6.07) is 7.84. The van der Waals surface area contributed by atoms with Gasteiger partial charge in [0.25, 0.3) is 11.5 Å². The first kappa shape index (κ1) is 31.9. The van der Waals surface area contributed by atoms with Gasteiger partial charge in [0.1, 0.15) is 29.5 Å². The molecule has 0 bridgehead atoms. The molecule has 258 valence electrons. The van der Waals surface area contributed by atoms with Crippen LogP contribution in [0.15, 0.2) is 60.1 Å². The van der Waals surface area contributed by atoms with Gasteiger partial charge in [-0.15, -0.1) is 0 Å². The van der Waals surface area contributed by atoms with Crippen molar-refractivity contribution in [2.75, 3.05) is 48.0 Å². The molecule has 1 saturated carbocycles. The third kappa shape index (κ3) is 5.67. The van der Waals surface area contributed by atoms with Crippen molar-refractivity contribution in [2.24, 2.45) is 13.0 Å². The number of anilines is 4. The first-order valence-electron chi connectivity index (χ1n) is 17.3. The summed E-state index contributed by atoms with van der Waals surface area (Å²) in [5.41, 5.74) is 2.89. The zero-order valence-corrected chi connectivity index (χ0v) is 27.9. The number of nitrogens with zero attached hydrogens (tertiary/aromatic N) is 7. The molecule has 3 aromatic rings. The van der Waals surface area contributed by atoms with Crippen LogP contribution in [0.4, 0.5) is 27.4 Å². The van der Waals surface area contributed by atoms with Crippen molar-refractivity contribution < 1.29 is 19.0 Å². The first-order valence-corrected chi connectivity index (χ1v) is 17.3. The van der Waals surface area contributed by atoms with Crippen molar-refractivity contribution in [2.45, 2.75) is 69.6 Å². The number of amides is 1. The van der Waals surface area contributed by atoms with E-state index in [0.29, 0.717) is 58.9 Å². The summed E-state index contributed by atoms with van der Waals surface area (Å²) in [6.07, 6.45) is 10.5. The van der Waals surface area contributed by atoms with Crippen LogP contribution in [-0.2, 0) is 23.2 Å². The molecule has 12 nitrogen and oxygen atoms in total. The highest BCUT2D eigenvalue weighted by molar-refractivity contribution is 6.00. The lowest BCUT2D eigenvalue weighted by molar-refractivity contribution is -0.122. The van der Waals surface area contributed by atoms with Crippen LogP contribution >= 0.6 is 0 Å². The van der Waals surface area contributed by atoms with Gasteiger partial charge in [0.2, 0.25) is 0 Å². The van der Waals surface area contributed by atoms with Crippen LogP contribution in [0.25, 0.3) is 11.1 Å². The number of halogens is 1. The maximum atomic E-state index is 14.8. The number of ether oxygens (including phenoxy) is 1. The van der Waals surface area contributed by atoms with Crippen LogP contribution in [0.1, 0.15) is 38.2 Å². The van der Waals surface area contributed by atoms with E-state index in [2.05, 4.69) is 32.0 Å². The zero-order chi connectivity index (χ0) is 33.8. The normalized spacial score (nSPS) is 27.2. The number of alkyl halides is 1. The van der Waals surface area contributed by atoms with Gasteiger partial charge in [0.05, 0.1) is 37.7 Å². The number of carbonyl (C=O) groups excluding carboxylic acids is 1. The van der Waals surface area contributed by atoms with E-state index < -0.39 is 12.2 Å². The van der Waals surface area contributed by atoms with Crippen LogP contribution in [0.5, 0.6) is 0 Å². The van der Waals surface area contributed by atoms with Crippen LogP contribution in [-0.4, -0.2) is 98.5 Å². The molecule has 8 rings (SSSR count). The number of nitrogens with one attached hydrogen (secondary N) is 1. The highest BCUT2D eigenvalue weighted by Gasteiger charge is 2.50. The van der Waals surface area contributed by atoms with Crippen molar-refractivity contribution in [3.63, 3.8) is 0 Å². The predicted molar refractivity (Wildman–Crippen MR) is 184 cm³/mol. The summed E-state index contributed by atoms with van der Waals surface area (Å²) in [7, 11) is 1.67. The number of carbonyl (C=O) groups is 1. The molecule has 1 aliphatic carbocycles. The maximum absolute atomic E-state index is 14.8. The Morgan fingerprint density at radius 2 is 1.96 bits per heavy atom. The Morgan fingerprint density at radius 3 is 2.69 bits per heavy atom. The summed E-state index contributed by atoms with van der Waals surface area (Å²) in [4.78, 5) is 44.7.